The third-order valence-electron chi connectivity index (χ3n) is 3.72. The first-order valence-electron chi connectivity index (χ1n) is 6.46. The van der Waals surface area contributed by atoms with Gasteiger partial charge in [0.15, 0.2) is 0 Å². The zero-order valence-electron chi connectivity index (χ0n) is 11.6. The quantitative estimate of drug-likeness (QED) is 0.523. The van der Waals surface area contributed by atoms with E-state index in [-0.39, 0.29) is 0 Å². The van der Waals surface area contributed by atoms with Crippen LogP contribution in [0, 0.1) is 6.92 Å². The molecule has 3 rings (SSSR count). The van der Waals surface area contributed by atoms with Crippen molar-refractivity contribution in [3.63, 3.8) is 0 Å². The molecule has 19 heavy (non-hydrogen) atoms. The van der Waals surface area contributed by atoms with Crippen molar-refractivity contribution in [3.8, 4) is 0 Å². The summed E-state index contributed by atoms with van der Waals surface area (Å²) in [5, 5.41) is 5.01. The van der Waals surface area contributed by atoms with Gasteiger partial charge in [-0.1, -0.05) is 12.1 Å². The molecule has 0 saturated heterocycles. The van der Waals surface area contributed by atoms with Crippen LogP contribution in [0.3, 0.4) is 0 Å². The van der Waals surface area contributed by atoms with E-state index in [0.717, 1.165) is 5.69 Å². The Morgan fingerprint density at radius 1 is 0.842 bits per heavy atom. The lowest BCUT2D eigenvalue weighted by atomic mass is 9.98. The Labute approximate surface area is 113 Å². The first kappa shape index (κ1) is 11.8. The second-order valence-corrected chi connectivity index (χ2v) is 5.28. The van der Waals surface area contributed by atoms with E-state index in [1.807, 2.05) is 12.1 Å². The van der Waals surface area contributed by atoms with Gasteiger partial charge in [0.25, 0.3) is 0 Å². The standard InChI is InChI=1S/C17H18N2/c1-11-16-10-12-4-6-15(18)9-14(12)8-13(16)5-7-17(11)19(2)3/h4-10H,18H2,1-3H3. The lowest BCUT2D eigenvalue weighted by molar-refractivity contribution is 1.12. The lowest BCUT2D eigenvalue weighted by Gasteiger charge is -2.17. The number of nitrogens with two attached hydrogens (primary N) is 1. The van der Waals surface area contributed by atoms with Crippen LogP contribution >= 0.6 is 0 Å². The Morgan fingerprint density at radius 3 is 2.32 bits per heavy atom. The molecule has 96 valence electrons. The van der Waals surface area contributed by atoms with Gasteiger partial charge in [0.05, 0.1) is 0 Å². The van der Waals surface area contributed by atoms with Gasteiger partial charge >= 0.3 is 0 Å². The molecule has 0 aliphatic carbocycles. The molecular weight excluding hydrogens is 232 g/mol. The van der Waals surface area contributed by atoms with Crippen molar-refractivity contribution in [1.82, 2.24) is 0 Å². The van der Waals surface area contributed by atoms with Gasteiger partial charge in [-0.15, -0.1) is 0 Å². The Morgan fingerprint density at radius 2 is 1.58 bits per heavy atom. The predicted molar refractivity (Wildman–Crippen MR) is 84.9 cm³/mol. The van der Waals surface area contributed by atoms with Gasteiger partial charge in [-0.25, -0.2) is 0 Å². The molecule has 0 bridgehead atoms. The molecule has 0 aromatic heterocycles. The highest BCUT2D eigenvalue weighted by atomic mass is 15.1. The SMILES string of the molecule is Cc1c(N(C)C)ccc2cc3cc(N)ccc3cc12. The monoisotopic (exact) mass is 250 g/mol. The van der Waals surface area contributed by atoms with Crippen molar-refractivity contribution in [2.45, 2.75) is 6.92 Å². The first-order chi connectivity index (χ1) is 9.06. The van der Waals surface area contributed by atoms with Crippen LogP contribution in [-0.2, 0) is 0 Å². The average molecular weight is 250 g/mol. The van der Waals surface area contributed by atoms with Crippen molar-refractivity contribution < 1.29 is 0 Å². The molecule has 0 aliphatic heterocycles. The topological polar surface area (TPSA) is 29.3 Å². The van der Waals surface area contributed by atoms with Crippen LogP contribution in [0.4, 0.5) is 11.4 Å². The number of benzene rings is 3. The predicted octanol–water partition coefficient (Wildman–Crippen LogP) is 3.95. The molecule has 0 radical (unpaired) electrons. The Balaban J connectivity index is 2.38. The normalized spacial score (nSPS) is 11.1. The summed E-state index contributed by atoms with van der Waals surface area (Å²) in [5.41, 5.74) is 9.26. The van der Waals surface area contributed by atoms with Crippen LogP contribution in [0.5, 0.6) is 0 Å². The molecule has 0 aliphatic rings. The largest absolute Gasteiger partial charge is 0.399 e. The zero-order chi connectivity index (χ0) is 13.6. The van der Waals surface area contributed by atoms with Gasteiger partial charge in [-0.3, -0.25) is 0 Å². The van der Waals surface area contributed by atoms with Crippen LogP contribution in [0.15, 0.2) is 42.5 Å². The van der Waals surface area contributed by atoms with Crippen molar-refractivity contribution in [3.05, 3.63) is 48.0 Å². The van der Waals surface area contributed by atoms with Gasteiger partial charge in [0, 0.05) is 25.5 Å². The number of hydrogen-bond donors (Lipinski definition) is 1. The molecule has 0 unspecified atom stereocenters. The highest BCUT2D eigenvalue weighted by molar-refractivity contribution is 6.02. The first-order valence-corrected chi connectivity index (χ1v) is 6.46. The van der Waals surface area contributed by atoms with Gasteiger partial charge in [0.2, 0.25) is 0 Å². The highest BCUT2D eigenvalue weighted by Crippen LogP contribution is 2.31. The number of anilines is 2. The smallest absolute Gasteiger partial charge is 0.0397 e. The van der Waals surface area contributed by atoms with Gasteiger partial charge < -0.3 is 10.6 Å². The molecule has 0 atom stereocenters. The number of hydrogen-bond acceptors (Lipinski definition) is 2. The Hall–Kier alpha value is -2.22. The molecular formula is C17H18N2. The Kier molecular flexibility index (Phi) is 2.59. The van der Waals surface area contributed by atoms with Crippen molar-refractivity contribution >= 4 is 32.9 Å². The summed E-state index contributed by atoms with van der Waals surface area (Å²) in [7, 11) is 4.16. The minimum absolute atomic E-state index is 0.813. The molecule has 0 saturated carbocycles. The maximum absolute atomic E-state index is 5.86. The number of nitrogen functional groups attached to an aromatic ring is 1. The second-order valence-electron chi connectivity index (χ2n) is 5.28. The van der Waals surface area contributed by atoms with Gasteiger partial charge in [-0.05, 0) is 64.4 Å². The van der Waals surface area contributed by atoms with E-state index >= 15 is 0 Å². The summed E-state index contributed by atoms with van der Waals surface area (Å²) in [6.07, 6.45) is 0. The molecule has 0 spiro atoms. The van der Waals surface area contributed by atoms with Crippen LogP contribution < -0.4 is 10.6 Å². The summed E-state index contributed by atoms with van der Waals surface area (Å²) >= 11 is 0. The van der Waals surface area contributed by atoms with Gasteiger partial charge in [-0.2, -0.15) is 0 Å². The fraction of sp³-hybridized carbons (Fsp3) is 0.176. The number of rotatable bonds is 1. The van der Waals surface area contributed by atoms with E-state index in [0.29, 0.717) is 0 Å². The summed E-state index contributed by atoms with van der Waals surface area (Å²) in [6.45, 7) is 2.18. The van der Waals surface area contributed by atoms with Crippen LogP contribution in [-0.4, -0.2) is 14.1 Å². The molecule has 3 aromatic rings. The summed E-state index contributed by atoms with van der Waals surface area (Å²) in [4.78, 5) is 2.15. The number of fused-ring (bicyclic) bond motifs is 2. The van der Waals surface area contributed by atoms with E-state index < -0.39 is 0 Å². The molecule has 0 fully saturated rings. The Bertz CT molecular complexity index is 773. The van der Waals surface area contributed by atoms with Gasteiger partial charge in [0.1, 0.15) is 0 Å². The molecule has 3 aromatic carbocycles. The highest BCUT2D eigenvalue weighted by Gasteiger charge is 2.06. The second kappa shape index (κ2) is 4.16. The van der Waals surface area contributed by atoms with Crippen LogP contribution in [0.25, 0.3) is 21.5 Å². The van der Waals surface area contributed by atoms with E-state index in [4.69, 9.17) is 5.73 Å². The van der Waals surface area contributed by atoms with E-state index in [9.17, 15) is 0 Å². The molecule has 0 amide bonds. The number of aryl methyl sites for hydroxylation is 1. The van der Waals surface area contributed by atoms with E-state index in [1.165, 1.54) is 32.8 Å². The number of nitrogens with zero attached hydrogens (tertiary/aromatic N) is 1. The third kappa shape index (κ3) is 1.89. The van der Waals surface area contributed by atoms with Crippen molar-refractivity contribution in [1.29, 1.82) is 0 Å². The fourth-order valence-electron chi connectivity index (χ4n) is 2.71. The van der Waals surface area contributed by atoms with E-state index in [1.54, 1.807) is 0 Å². The molecule has 2 nitrogen and oxygen atoms in total. The molecule has 2 N–H and O–H groups in total. The maximum atomic E-state index is 5.86. The summed E-state index contributed by atoms with van der Waals surface area (Å²) in [6, 6.07) is 14.9. The summed E-state index contributed by atoms with van der Waals surface area (Å²) < 4.78 is 0. The summed E-state index contributed by atoms with van der Waals surface area (Å²) in [5.74, 6) is 0. The van der Waals surface area contributed by atoms with Crippen molar-refractivity contribution in [2.24, 2.45) is 0 Å². The molecule has 0 heterocycles. The van der Waals surface area contributed by atoms with Crippen LogP contribution in [0.2, 0.25) is 0 Å². The lowest BCUT2D eigenvalue weighted by Crippen LogP contribution is -2.10. The fourth-order valence-corrected chi connectivity index (χ4v) is 2.71. The zero-order valence-corrected chi connectivity index (χ0v) is 11.6. The van der Waals surface area contributed by atoms with Crippen LogP contribution in [0.1, 0.15) is 5.56 Å². The molecule has 2 heteroatoms. The van der Waals surface area contributed by atoms with E-state index in [2.05, 4.69) is 56.3 Å². The minimum atomic E-state index is 0.813. The van der Waals surface area contributed by atoms with Crippen molar-refractivity contribution in [2.75, 3.05) is 24.7 Å². The minimum Gasteiger partial charge on any atom is -0.399 e. The maximum Gasteiger partial charge on any atom is 0.0397 e. The third-order valence-corrected chi connectivity index (χ3v) is 3.72. The average Bonchev–Trinajstić information content (AvgIpc) is 2.37.